The number of aryl methyl sites for hydroxylation is 1. The molecule has 0 radical (unpaired) electrons. The highest BCUT2D eigenvalue weighted by Crippen LogP contribution is 2.26. The van der Waals surface area contributed by atoms with Crippen LogP contribution in [0.5, 0.6) is 0 Å². The average Bonchev–Trinajstić information content (AvgIpc) is 2.62. The summed E-state index contributed by atoms with van der Waals surface area (Å²) in [5.74, 6) is 0. The maximum atomic E-state index is 12.7. The molecule has 1 N–H and O–H groups in total. The predicted molar refractivity (Wildman–Crippen MR) is 98.1 cm³/mol. The van der Waals surface area contributed by atoms with Gasteiger partial charge in [-0.25, -0.2) is 8.42 Å². The van der Waals surface area contributed by atoms with Gasteiger partial charge in [0.2, 0.25) is 0 Å². The molecule has 8 nitrogen and oxygen atoms in total. The standard InChI is InChI=1S/C17H19N3O5S/c1-13-5-6-16(20(21)22)12-17(13)26(23,24)18-14-3-2-4-15(11-14)19-7-9-25-10-8-19/h2-6,11-12,18H,7-10H2,1H3. The van der Waals surface area contributed by atoms with Crippen molar-refractivity contribution in [1.29, 1.82) is 0 Å². The highest BCUT2D eigenvalue weighted by atomic mass is 32.2. The molecule has 0 saturated carbocycles. The minimum atomic E-state index is -3.95. The Kier molecular flexibility index (Phi) is 5.10. The van der Waals surface area contributed by atoms with E-state index in [1.54, 1.807) is 25.1 Å². The van der Waals surface area contributed by atoms with Crippen LogP contribution in [0.3, 0.4) is 0 Å². The Morgan fingerprint density at radius 3 is 2.58 bits per heavy atom. The molecule has 1 aliphatic rings. The number of nitrogens with zero attached hydrogens (tertiary/aromatic N) is 2. The summed E-state index contributed by atoms with van der Waals surface area (Å²) in [5.41, 5.74) is 1.47. The largest absolute Gasteiger partial charge is 0.378 e. The van der Waals surface area contributed by atoms with Gasteiger partial charge in [0.25, 0.3) is 15.7 Å². The van der Waals surface area contributed by atoms with Crippen LogP contribution in [0.15, 0.2) is 47.4 Å². The van der Waals surface area contributed by atoms with E-state index < -0.39 is 14.9 Å². The van der Waals surface area contributed by atoms with E-state index in [2.05, 4.69) is 9.62 Å². The fraction of sp³-hybridized carbons (Fsp3) is 0.294. The third-order valence-electron chi connectivity index (χ3n) is 4.15. The van der Waals surface area contributed by atoms with E-state index >= 15 is 0 Å². The topological polar surface area (TPSA) is 102 Å². The first-order chi connectivity index (χ1) is 12.4. The molecular weight excluding hydrogens is 358 g/mol. The van der Waals surface area contributed by atoms with Crippen LogP contribution in [0, 0.1) is 17.0 Å². The predicted octanol–water partition coefficient (Wildman–Crippen LogP) is 2.54. The van der Waals surface area contributed by atoms with E-state index in [9.17, 15) is 18.5 Å². The Morgan fingerprint density at radius 2 is 1.88 bits per heavy atom. The molecule has 26 heavy (non-hydrogen) atoms. The van der Waals surface area contributed by atoms with Crippen LogP contribution in [0.25, 0.3) is 0 Å². The van der Waals surface area contributed by atoms with Crippen LogP contribution >= 0.6 is 0 Å². The van der Waals surface area contributed by atoms with Crippen LogP contribution in [-0.2, 0) is 14.8 Å². The number of morpholine rings is 1. The van der Waals surface area contributed by atoms with Crippen molar-refractivity contribution in [3.8, 4) is 0 Å². The second-order valence-corrected chi connectivity index (χ2v) is 7.61. The number of ether oxygens (including phenoxy) is 1. The third-order valence-corrected chi connectivity index (χ3v) is 5.67. The van der Waals surface area contributed by atoms with Gasteiger partial charge in [0.1, 0.15) is 0 Å². The molecule has 0 atom stereocenters. The molecular formula is C17H19N3O5S. The molecule has 0 amide bonds. The van der Waals surface area contributed by atoms with Gasteiger partial charge >= 0.3 is 0 Å². The molecule has 3 rings (SSSR count). The maximum absolute atomic E-state index is 12.7. The van der Waals surface area contributed by atoms with Gasteiger partial charge in [0, 0.05) is 30.9 Å². The monoisotopic (exact) mass is 377 g/mol. The van der Waals surface area contributed by atoms with E-state index in [1.165, 1.54) is 12.1 Å². The van der Waals surface area contributed by atoms with Gasteiger partial charge in [-0.2, -0.15) is 0 Å². The molecule has 1 aliphatic heterocycles. The number of non-ortho nitro benzene ring substituents is 1. The first-order valence-electron chi connectivity index (χ1n) is 8.07. The summed E-state index contributed by atoms with van der Waals surface area (Å²) < 4.78 is 33.3. The number of nitro benzene ring substituents is 1. The summed E-state index contributed by atoms with van der Waals surface area (Å²) in [7, 11) is -3.95. The molecule has 2 aromatic carbocycles. The Morgan fingerprint density at radius 1 is 1.15 bits per heavy atom. The molecule has 2 aromatic rings. The zero-order valence-electron chi connectivity index (χ0n) is 14.2. The second kappa shape index (κ2) is 7.30. The molecule has 0 unspecified atom stereocenters. The summed E-state index contributed by atoms with van der Waals surface area (Å²) in [5, 5.41) is 10.9. The Hall–Kier alpha value is -2.65. The van der Waals surface area contributed by atoms with Gasteiger partial charge in [-0.15, -0.1) is 0 Å². The second-order valence-electron chi connectivity index (χ2n) is 5.96. The molecule has 0 spiro atoms. The van der Waals surface area contributed by atoms with Crippen LogP contribution in [0.2, 0.25) is 0 Å². The quantitative estimate of drug-likeness (QED) is 0.635. The highest BCUT2D eigenvalue weighted by Gasteiger charge is 2.21. The van der Waals surface area contributed by atoms with E-state index in [4.69, 9.17) is 4.74 Å². The lowest BCUT2D eigenvalue weighted by molar-refractivity contribution is -0.385. The van der Waals surface area contributed by atoms with Gasteiger partial charge in [0.05, 0.1) is 28.7 Å². The molecule has 138 valence electrons. The van der Waals surface area contributed by atoms with Crippen molar-refractivity contribution in [2.45, 2.75) is 11.8 Å². The Labute approximate surface area is 151 Å². The van der Waals surface area contributed by atoms with Crippen LogP contribution in [0.1, 0.15) is 5.56 Å². The number of benzene rings is 2. The van der Waals surface area contributed by atoms with E-state index in [1.807, 2.05) is 6.07 Å². The lowest BCUT2D eigenvalue weighted by atomic mass is 10.2. The van der Waals surface area contributed by atoms with Gasteiger partial charge < -0.3 is 9.64 Å². The molecule has 1 fully saturated rings. The van der Waals surface area contributed by atoms with Crippen molar-refractivity contribution in [2.24, 2.45) is 0 Å². The van der Waals surface area contributed by atoms with E-state index in [0.29, 0.717) is 24.5 Å². The number of rotatable bonds is 5. The molecule has 0 bridgehead atoms. The number of hydrogen-bond donors (Lipinski definition) is 1. The summed E-state index contributed by atoms with van der Waals surface area (Å²) in [6, 6.07) is 10.8. The van der Waals surface area contributed by atoms with Crippen LogP contribution in [0.4, 0.5) is 17.1 Å². The molecule has 0 aliphatic carbocycles. The third kappa shape index (κ3) is 3.94. The fourth-order valence-corrected chi connectivity index (χ4v) is 4.10. The highest BCUT2D eigenvalue weighted by molar-refractivity contribution is 7.92. The number of hydrogen-bond acceptors (Lipinski definition) is 6. The van der Waals surface area contributed by atoms with Crippen molar-refractivity contribution in [3.63, 3.8) is 0 Å². The minimum absolute atomic E-state index is 0.108. The van der Waals surface area contributed by atoms with Crippen molar-refractivity contribution < 1.29 is 18.1 Å². The van der Waals surface area contributed by atoms with Crippen molar-refractivity contribution in [3.05, 3.63) is 58.1 Å². The number of nitro groups is 1. The van der Waals surface area contributed by atoms with Gasteiger partial charge in [-0.1, -0.05) is 12.1 Å². The Balaban J connectivity index is 1.88. The zero-order chi connectivity index (χ0) is 18.7. The number of anilines is 2. The molecule has 1 heterocycles. The van der Waals surface area contributed by atoms with Crippen molar-refractivity contribution in [2.75, 3.05) is 35.9 Å². The lowest BCUT2D eigenvalue weighted by Gasteiger charge is -2.29. The van der Waals surface area contributed by atoms with Crippen molar-refractivity contribution in [1.82, 2.24) is 0 Å². The smallest absolute Gasteiger partial charge is 0.270 e. The van der Waals surface area contributed by atoms with E-state index in [0.717, 1.165) is 24.8 Å². The van der Waals surface area contributed by atoms with E-state index in [-0.39, 0.29) is 10.6 Å². The van der Waals surface area contributed by atoms with Gasteiger partial charge in [-0.05, 0) is 30.7 Å². The number of nitrogens with one attached hydrogen (secondary N) is 1. The summed E-state index contributed by atoms with van der Waals surface area (Å²) >= 11 is 0. The van der Waals surface area contributed by atoms with Gasteiger partial charge in [-0.3, -0.25) is 14.8 Å². The maximum Gasteiger partial charge on any atom is 0.270 e. The lowest BCUT2D eigenvalue weighted by Crippen LogP contribution is -2.36. The summed E-state index contributed by atoms with van der Waals surface area (Å²) in [6.45, 7) is 4.33. The summed E-state index contributed by atoms with van der Waals surface area (Å²) in [6.07, 6.45) is 0. The zero-order valence-corrected chi connectivity index (χ0v) is 15.0. The van der Waals surface area contributed by atoms with Crippen LogP contribution < -0.4 is 9.62 Å². The summed E-state index contributed by atoms with van der Waals surface area (Å²) in [4.78, 5) is 12.3. The first kappa shape index (κ1) is 18.2. The van der Waals surface area contributed by atoms with Gasteiger partial charge in [0.15, 0.2) is 0 Å². The Bertz CT molecular complexity index is 924. The SMILES string of the molecule is Cc1ccc([N+](=O)[O-])cc1S(=O)(=O)Nc1cccc(N2CCOCC2)c1. The van der Waals surface area contributed by atoms with Crippen LogP contribution in [-0.4, -0.2) is 39.6 Å². The first-order valence-corrected chi connectivity index (χ1v) is 9.56. The molecule has 0 aromatic heterocycles. The fourth-order valence-electron chi connectivity index (χ4n) is 2.79. The van der Waals surface area contributed by atoms with Crippen molar-refractivity contribution >= 4 is 27.1 Å². The molecule has 1 saturated heterocycles. The number of sulfonamides is 1. The average molecular weight is 377 g/mol. The molecule has 9 heteroatoms. The normalized spacial score (nSPS) is 14.9. The minimum Gasteiger partial charge on any atom is -0.378 e.